The fourth-order valence-electron chi connectivity index (χ4n) is 3.48. The van der Waals surface area contributed by atoms with E-state index in [0.717, 1.165) is 43.2 Å². The number of imide groups is 1. The molecule has 9 nitrogen and oxygen atoms in total. The number of alkyl carbamates (subject to hydrolysis) is 1. The van der Waals surface area contributed by atoms with Gasteiger partial charge in [0.05, 0.1) is 24.7 Å². The summed E-state index contributed by atoms with van der Waals surface area (Å²) in [4.78, 5) is 37.9. The summed E-state index contributed by atoms with van der Waals surface area (Å²) in [5.74, 6) is -1.76. The third kappa shape index (κ3) is 5.46. The fraction of sp³-hybridized carbons (Fsp3) is 0.381. The summed E-state index contributed by atoms with van der Waals surface area (Å²) in [7, 11) is -1.30. The highest BCUT2D eigenvalue weighted by molar-refractivity contribution is 7.92. The lowest BCUT2D eigenvalue weighted by molar-refractivity contribution is -0.113. The molecule has 1 aliphatic rings. The third-order valence-electron chi connectivity index (χ3n) is 5.04. The summed E-state index contributed by atoms with van der Waals surface area (Å²) in [6, 6.07) is 5.72. The van der Waals surface area contributed by atoms with Crippen LogP contribution in [0.5, 0.6) is 5.75 Å². The summed E-state index contributed by atoms with van der Waals surface area (Å²) in [5.41, 5.74) is 0.967. The van der Waals surface area contributed by atoms with Crippen molar-refractivity contribution in [3.05, 3.63) is 40.3 Å². The SMILES string of the molecule is COC(=O)NC(=O)c1c(NC(=O)CS(=O)(=O)c2ccc(OC)cc2)sc2c1CCCCC2. The molecule has 0 atom stereocenters. The molecular weight excluding hydrogens is 456 g/mol. The number of sulfone groups is 1. The van der Waals surface area contributed by atoms with E-state index in [2.05, 4.69) is 15.4 Å². The molecule has 0 saturated carbocycles. The van der Waals surface area contributed by atoms with Crippen LogP contribution in [0.2, 0.25) is 0 Å². The first-order chi connectivity index (χ1) is 15.2. The maximum absolute atomic E-state index is 12.7. The standard InChI is InChI=1S/C21H24N2O7S2/c1-29-13-8-10-14(11-9-13)32(27,28)12-17(24)22-20-18(19(25)23-21(26)30-2)15-6-4-3-5-7-16(15)31-20/h8-11H,3-7,12H2,1-2H3,(H,22,24)(H,23,25,26). The smallest absolute Gasteiger partial charge is 0.413 e. The summed E-state index contributed by atoms with van der Waals surface area (Å²) in [6.45, 7) is 0. The van der Waals surface area contributed by atoms with Gasteiger partial charge < -0.3 is 14.8 Å². The minimum absolute atomic E-state index is 0.0148. The molecule has 172 valence electrons. The van der Waals surface area contributed by atoms with Crippen LogP contribution in [0.25, 0.3) is 0 Å². The molecule has 1 aliphatic carbocycles. The van der Waals surface area contributed by atoms with E-state index in [1.807, 2.05) is 0 Å². The van der Waals surface area contributed by atoms with Gasteiger partial charge in [-0.25, -0.2) is 13.2 Å². The summed E-state index contributed by atoms with van der Waals surface area (Å²) in [6.07, 6.45) is 3.31. The Morgan fingerprint density at radius 1 is 1.03 bits per heavy atom. The zero-order valence-corrected chi connectivity index (χ0v) is 19.4. The summed E-state index contributed by atoms with van der Waals surface area (Å²) < 4.78 is 34.8. The van der Waals surface area contributed by atoms with Gasteiger partial charge in [0.25, 0.3) is 5.91 Å². The second kappa shape index (κ2) is 10.1. The Morgan fingerprint density at radius 2 is 1.72 bits per heavy atom. The Bertz CT molecular complexity index is 1120. The first-order valence-electron chi connectivity index (χ1n) is 9.95. The highest BCUT2D eigenvalue weighted by atomic mass is 32.2. The Labute approximate surface area is 190 Å². The molecule has 0 unspecified atom stereocenters. The van der Waals surface area contributed by atoms with Gasteiger partial charge in [-0.05, 0) is 55.5 Å². The number of carbonyl (C=O) groups excluding carboxylic acids is 3. The first-order valence-corrected chi connectivity index (χ1v) is 12.4. The monoisotopic (exact) mass is 480 g/mol. The lowest BCUT2D eigenvalue weighted by Gasteiger charge is -2.09. The van der Waals surface area contributed by atoms with E-state index in [1.54, 1.807) is 0 Å². The van der Waals surface area contributed by atoms with Gasteiger partial charge in [0.15, 0.2) is 9.84 Å². The highest BCUT2D eigenvalue weighted by Crippen LogP contribution is 2.37. The quantitative estimate of drug-likeness (QED) is 0.609. The van der Waals surface area contributed by atoms with Crippen molar-refractivity contribution >= 4 is 44.1 Å². The fourth-order valence-corrected chi connectivity index (χ4v) is 5.92. The van der Waals surface area contributed by atoms with Crippen LogP contribution in [0.3, 0.4) is 0 Å². The minimum Gasteiger partial charge on any atom is -0.497 e. The van der Waals surface area contributed by atoms with Crippen molar-refractivity contribution in [1.82, 2.24) is 5.32 Å². The van der Waals surface area contributed by atoms with Crippen molar-refractivity contribution in [3.63, 3.8) is 0 Å². The average molecular weight is 481 g/mol. The minimum atomic E-state index is -3.91. The van der Waals surface area contributed by atoms with E-state index < -0.39 is 33.5 Å². The van der Waals surface area contributed by atoms with Crippen molar-refractivity contribution in [2.45, 2.75) is 37.0 Å². The first kappa shape index (κ1) is 23.7. The molecule has 0 bridgehead atoms. The molecule has 0 radical (unpaired) electrons. The number of aryl methyl sites for hydroxylation is 1. The van der Waals surface area contributed by atoms with Gasteiger partial charge in [0.1, 0.15) is 16.5 Å². The zero-order chi connectivity index (χ0) is 23.3. The van der Waals surface area contributed by atoms with Crippen LogP contribution in [0.4, 0.5) is 9.80 Å². The Balaban J connectivity index is 1.84. The number of carbonyl (C=O) groups is 3. The van der Waals surface area contributed by atoms with Gasteiger partial charge in [0, 0.05) is 4.88 Å². The van der Waals surface area contributed by atoms with E-state index in [9.17, 15) is 22.8 Å². The van der Waals surface area contributed by atoms with Gasteiger partial charge in [-0.15, -0.1) is 11.3 Å². The zero-order valence-electron chi connectivity index (χ0n) is 17.7. The number of benzene rings is 1. The lowest BCUT2D eigenvalue weighted by atomic mass is 10.0. The van der Waals surface area contributed by atoms with Crippen LogP contribution in [-0.2, 0) is 32.2 Å². The van der Waals surface area contributed by atoms with Gasteiger partial charge in [0.2, 0.25) is 5.91 Å². The molecule has 1 heterocycles. The topological polar surface area (TPSA) is 128 Å². The predicted molar refractivity (Wildman–Crippen MR) is 119 cm³/mol. The van der Waals surface area contributed by atoms with E-state index in [-0.39, 0.29) is 15.5 Å². The van der Waals surface area contributed by atoms with Crippen LogP contribution in [0.1, 0.15) is 40.1 Å². The maximum Gasteiger partial charge on any atom is 0.413 e. The van der Waals surface area contributed by atoms with Crippen molar-refractivity contribution in [3.8, 4) is 5.75 Å². The van der Waals surface area contributed by atoms with E-state index >= 15 is 0 Å². The van der Waals surface area contributed by atoms with E-state index in [1.165, 1.54) is 42.7 Å². The van der Waals surface area contributed by atoms with Crippen molar-refractivity contribution < 1.29 is 32.3 Å². The van der Waals surface area contributed by atoms with Gasteiger partial charge in [-0.3, -0.25) is 14.9 Å². The molecule has 0 fully saturated rings. The van der Waals surface area contributed by atoms with Crippen LogP contribution in [0, 0.1) is 0 Å². The predicted octanol–water partition coefficient (Wildman–Crippen LogP) is 2.93. The number of hydrogen-bond donors (Lipinski definition) is 2. The van der Waals surface area contributed by atoms with Gasteiger partial charge >= 0.3 is 6.09 Å². The molecule has 0 spiro atoms. The highest BCUT2D eigenvalue weighted by Gasteiger charge is 2.28. The van der Waals surface area contributed by atoms with Crippen LogP contribution in [-0.4, -0.2) is 46.3 Å². The molecule has 32 heavy (non-hydrogen) atoms. The number of rotatable bonds is 6. The number of nitrogens with one attached hydrogen (secondary N) is 2. The van der Waals surface area contributed by atoms with Crippen LogP contribution < -0.4 is 15.4 Å². The number of anilines is 1. The largest absolute Gasteiger partial charge is 0.497 e. The number of thiophene rings is 1. The molecule has 0 aliphatic heterocycles. The molecule has 2 aromatic rings. The van der Waals surface area contributed by atoms with Crippen LogP contribution >= 0.6 is 11.3 Å². The molecule has 3 amide bonds. The number of amides is 3. The Kier molecular flexibility index (Phi) is 7.52. The number of hydrogen-bond acceptors (Lipinski definition) is 8. The molecule has 1 aromatic heterocycles. The number of fused-ring (bicyclic) bond motifs is 1. The third-order valence-corrected chi connectivity index (χ3v) is 7.88. The van der Waals surface area contributed by atoms with Gasteiger partial charge in [-0.1, -0.05) is 6.42 Å². The van der Waals surface area contributed by atoms with Crippen LogP contribution in [0.15, 0.2) is 29.2 Å². The average Bonchev–Trinajstić information content (AvgIpc) is 2.93. The summed E-state index contributed by atoms with van der Waals surface area (Å²) >= 11 is 1.24. The van der Waals surface area contributed by atoms with E-state index in [0.29, 0.717) is 12.2 Å². The maximum atomic E-state index is 12.7. The number of methoxy groups -OCH3 is 2. The molecule has 2 N–H and O–H groups in total. The van der Waals surface area contributed by atoms with Gasteiger partial charge in [-0.2, -0.15) is 0 Å². The molecule has 0 saturated heterocycles. The molecular formula is C21H24N2O7S2. The molecule has 1 aromatic carbocycles. The molecule has 11 heteroatoms. The summed E-state index contributed by atoms with van der Waals surface area (Å²) in [5, 5.41) is 4.93. The van der Waals surface area contributed by atoms with E-state index in [4.69, 9.17) is 4.74 Å². The lowest BCUT2D eigenvalue weighted by Crippen LogP contribution is -2.31. The normalized spacial score (nSPS) is 13.4. The van der Waals surface area contributed by atoms with Crippen molar-refractivity contribution in [1.29, 1.82) is 0 Å². The Hall–Kier alpha value is -2.92. The molecule has 3 rings (SSSR count). The second-order valence-corrected chi connectivity index (χ2v) is 10.3. The van der Waals surface area contributed by atoms with Crippen molar-refractivity contribution in [2.75, 3.05) is 25.3 Å². The number of ether oxygens (including phenoxy) is 2. The van der Waals surface area contributed by atoms with Crippen molar-refractivity contribution in [2.24, 2.45) is 0 Å². The Morgan fingerprint density at radius 3 is 2.38 bits per heavy atom. The second-order valence-electron chi connectivity index (χ2n) is 7.20.